The van der Waals surface area contributed by atoms with Crippen molar-refractivity contribution >= 4 is 22.8 Å². The van der Waals surface area contributed by atoms with Crippen LogP contribution in [0.5, 0.6) is 0 Å². The molecule has 0 fully saturated rings. The number of carbonyl (C=O) groups is 1. The van der Waals surface area contributed by atoms with Crippen molar-refractivity contribution in [1.82, 2.24) is 20.2 Å². The Hall–Kier alpha value is -3.03. The maximum absolute atomic E-state index is 13.3. The highest BCUT2D eigenvalue weighted by Crippen LogP contribution is 2.32. The third-order valence-electron chi connectivity index (χ3n) is 4.28. The van der Waals surface area contributed by atoms with Crippen molar-refractivity contribution < 1.29 is 13.9 Å². The van der Waals surface area contributed by atoms with Crippen molar-refractivity contribution in [2.24, 2.45) is 0 Å². The quantitative estimate of drug-likeness (QED) is 0.706. The molecule has 1 aromatic carbocycles. The summed E-state index contributed by atoms with van der Waals surface area (Å²) in [5, 5.41) is 6.59. The average Bonchev–Trinajstić information content (AvgIpc) is 3.13. The van der Waals surface area contributed by atoms with Crippen LogP contribution >= 0.6 is 0 Å². The number of methoxy groups -OCH3 is 1. The topological polar surface area (TPSA) is 84.0 Å². The minimum atomic E-state index is -0.679. The van der Waals surface area contributed by atoms with Gasteiger partial charge in [0.05, 0.1) is 35.6 Å². The van der Waals surface area contributed by atoms with Crippen LogP contribution in [0.1, 0.15) is 29.9 Å². The zero-order valence-electron chi connectivity index (χ0n) is 15.1. The summed E-state index contributed by atoms with van der Waals surface area (Å²) in [4.78, 5) is 23.1. The van der Waals surface area contributed by atoms with E-state index < -0.39 is 12.6 Å². The maximum atomic E-state index is 13.3. The molecular weight excluding hydrogens is 337 g/mol. The number of hydrogen-bond acceptors (Lipinski definition) is 6. The van der Waals surface area contributed by atoms with Gasteiger partial charge in [0.25, 0.3) is 0 Å². The molecule has 0 saturated heterocycles. The van der Waals surface area contributed by atoms with Gasteiger partial charge in [-0.25, -0.2) is 19.2 Å². The van der Waals surface area contributed by atoms with Gasteiger partial charge in [-0.05, 0) is 32.0 Å². The predicted molar refractivity (Wildman–Crippen MR) is 96.8 cm³/mol. The summed E-state index contributed by atoms with van der Waals surface area (Å²) in [6.07, 6.45) is 1.55. The second-order valence-corrected chi connectivity index (χ2v) is 6.19. The van der Waals surface area contributed by atoms with Crippen LogP contribution in [0.2, 0.25) is 0 Å². The molecule has 0 aliphatic carbocycles. The number of aromatic nitrogens is 4. The Bertz CT molecular complexity index is 954. The Kier molecular flexibility index (Phi) is 4.83. The van der Waals surface area contributed by atoms with Crippen molar-refractivity contribution in [3.63, 3.8) is 0 Å². The van der Waals surface area contributed by atoms with Crippen LogP contribution in [0.25, 0.3) is 22.3 Å². The molecule has 7 nitrogen and oxygen atoms in total. The molecule has 136 valence electrons. The van der Waals surface area contributed by atoms with E-state index in [0.717, 1.165) is 0 Å². The number of anilines is 1. The number of H-pyrrole nitrogens is 1. The van der Waals surface area contributed by atoms with Gasteiger partial charge in [-0.2, -0.15) is 5.10 Å². The van der Waals surface area contributed by atoms with Gasteiger partial charge in [-0.1, -0.05) is 0 Å². The number of esters is 1. The molecular formula is C18H20FN5O2. The Morgan fingerprint density at radius 3 is 2.73 bits per heavy atom. The summed E-state index contributed by atoms with van der Waals surface area (Å²) in [5.41, 5.74) is 3.02. The monoisotopic (exact) mass is 357 g/mol. The zero-order chi connectivity index (χ0) is 18.8. The van der Waals surface area contributed by atoms with E-state index in [2.05, 4.69) is 15.2 Å². The van der Waals surface area contributed by atoms with Gasteiger partial charge in [0.15, 0.2) is 5.82 Å². The normalized spacial score (nSPS) is 11.2. The fraction of sp³-hybridized carbons (Fsp3) is 0.333. The van der Waals surface area contributed by atoms with Gasteiger partial charge in [0.2, 0.25) is 0 Å². The van der Waals surface area contributed by atoms with Gasteiger partial charge >= 0.3 is 5.97 Å². The molecule has 2 heterocycles. The number of nitrogens with one attached hydrogen (secondary N) is 1. The lowest BCUT2D eigenvalue weighted by atomic mass is 10.1. The standard InChI is InChI=1S/C18H20FN5O2/c1-10(2)24(3)17-16(12-9-20-23-15(12)8-19)21-13-6-5-11(18(25)26-4)7-14(13)22-17/h5-7,9-10H,8H2,1-4H3,(H,20,23). The van der Waals surface area contributed by atoms with E-state index in [0.29, 0.717) is 39.4 Å². The van der Waals surface area contributed by atoms with Crippen molar-refractivity contribution in [2.45, 2.75) is 26.6 Å². The van der Waals surface area contributed by atoms with E-state index >= 15 is 0 Å². The molecule has 3 rings (SSSR count). The van der Waals surface area contributed by atoms with Crippen LogP contribution in [0.4, 0.5) is 10.2 Å². The summed E-state index contributed by atoms with van der Waals surface area (Å²) < 4.78 is 18.1. The summed E-state index contributed by atoms with van der Waals surface area (Å²) in [5.74, 6) is 0.150. The molecule has 0 aliphatic heterocycles. The molecule has 0 spiro atoms. The lowest BCUT2D eigenvalue weighted by Gasteiger charge is -2.25. The van der Waals surface area contributed by atoms with Crippen LogP contribution in [-0.4, -0.2) is 46.3 Å². The number of rotatable bonds is 5. The SMILES string of the molecule is COC(=O)c1ccc2nc(-c3cn[nH]c3CF)c(N(C)C(C)C)nc2c1. The third-order valence-corrected chi connectivity index (χ3v) is 4.28. The van der Waals surface area contributed by atoms with Crippen molar-refractivity contribution in [2.75, 3.05) is 19.1 Å². The van der Waals surface area contributed by atoms with Crippen LogP contribution < -0.4 is 4.90 Å². The zero-order valence-corrected chi connectivity index (χ0v) is 15.1. The minimum absolute atomic E-state index is 0.144. The smallest absolute Gasteiger partial charge is 0.337 e. The second-order valence-electron chi connectivity index (χ2n) is 6.19. The fourth-order valence-corrected chi connectivity index (χ4v) is 2.58. The first kappa shape index (κ1) is 17.8. The maximum Gasteiger partial charge on any atom is 0.337 e. The van der Waals surface area contributed by atoms with Crippen molar-refractivity contribution in [3.8, 4) is 11.3 Å². The average molecular weight is 357 g/mol. The van der Waals surface area contributed by atoms with E-state index in [-0.39, 0.29) is 6.04 Å². The van der Waals surface area contributed by atoms with E-state index in [1.807, 2.05) is 25.8 Å². The molecule has 1 N–H and O–H groups in total. The second kappa shape index (κ2) is 7.07. The largest absolute Gasteiger partial charge is 0.465 e. The summed E-state index contributed by atoms with van der Waals surface area (Å²) in [6.45, 7) is 3.36. The minimum Gasteiger partial charge on any atom is -0.465 e. The number of fused-ring (bicyclic) bond motifs is 1. The number of alkyl halides is 1. The van der Waals surface area contributed by atoms with Gasteiger partial charge in [0.1, 0.15) is 12.4 Å². The fourth-order valence-electron chi connectivity index (χ4n) is 2.58. The molecule has 3 aromatic rings. The first-order valence-corrected chi connectivity index (χ1v) is 8.17. The number of hydrogen-bond donors (Lipinski definition) is 1. The summed E-state index contributed by atoms with van der Waals surface area (Å²) >= 11 is 0. The van der Waals surface area contributed by atoms with Gasteiger partial charge in [-0.15, -0.1) is 0 Å². The highest BCUT2D eigenvalue weighted by atomic mass is 19.1. The summed E-state index contributed by atoms with van der Waals surface area (Å²) in [7, 11) is 3.22. The molecule has 0 atom stereocenters. The lowest BCUT2D eigenvalue weighted by Crippen LogP contribution is -2.27. The Labute approximate surface area is 150 Å². The third kappa shape index (κ3) is 3.10. The summed E-state index contributed by atoms with van der Waals surface area (Å²) in [6, 6.07) is 5.11. The number of halogens is 1. The van der Waals surface area contributed by atoms with Gasteiger partial charge < -0.3 is 9.64 Å². The molecule has 0 radical (unpaired) electrons. The van der Waals surface area contributed by atoms with Crippen LogP contribution in [-0.2, 0) is 11.4 Å². The highest BCUT2D eigenvalue weighted by Gasteiger charge is 2.20. The Balaban J connectivity index is 2.25. The molecule has 0 unspecified atom stereocenters. The molecule has 8 heteroatoms. The molecule has 2 aromatic heterocycles. The predicted octanol–water partition coefficient (Wildman–Crippen LogP) is 3.12. The van der Waals surface area contributed by atoms with E-state index in [4.69, 9.17) is 9.72 Å². The molecule has 0 bridgehead atoms. The van der Waals surface area contributed by atoms with Crippen molar-refractivity contribution in [3.05, 3.63) is 35.7 Å². The highest BCUT2D eigenvalue weighted by molar-refractivity contribution is 5.94. The number of aromatic amines is 1. The molecule has 0 aliphatic rings. The van der Waals surface area contributed by atoms with Gasteiger partial charge in [0, 0.05) is 18.7 Å². The lowest BCUT2D eigenvalue weighted by molar-refractivity contribution is 0.0601. The van der Waals surface area contributed by atoms with E-state index in [1.54, 1.807) is 24.4 Å². The first-order valence-electron chi connectivity index (χ1n) is 8.17. The Morgan fingerprint density at radius 2 is 2.08 bits per heavy atom. The number of ether oxygens (including phenoxy) is 1. The molecule has 0 amide bonds. The number of nitrogens with zero attached hydrogens (tertiary/aromatic N) is 4. The van der Waals surface area contributed by atoms with E-state index in [1.165, 1.54) is 7.11 Å². The van der Waals surface area contributed by atoms with E-state index in [9.17, 15) is 9.18 Å². The van der Waals surface area contributed by atoms with Crippen LogP contribution in [0, 0.1) is 0 Å². The van der Waals surface area contributed by atoms with Crippen LogP contribution in [0.3, 0.4) is 0 Å². The first-order chi connectivity index (χ1) is 12.5. The Morgan fingerprint density at radius 1 is 1.31 bits per heavy atom. The van der Waals surface area contributed by atoms with Gasteiger partial charge in [-0.3, -0.25) is 5.10 Å². The van der Waals surface area contributed by atoms with Crippen LogP contribution in [0.15, 0.2) is 24.4 Å². The molecule has 26 heavy (non-hydrogen) atoms. The molecule has 0 saturated carbocycles. The number of carbonyl (C=O) groups excluding carboxylic acids is 1. The number of benzene rings is 1. The van der Waals surface area contributed by atoms with Crippen molar-refractivity contribution in [1.29, 1.82) is 0 Å².